The number of carbonyl (C=O) groups is 3. The van der Waals surface area contributed by atoms with Gasteiger partial charge in [0.2, 0.25) is 0 Å². The summed E-state index contributed by atoms with van der Waals surface area (Å²) in [5.41, 5.74) is 0.345. The smallest absolute Gasteiger partial charge is 0.331 e. The Balaban J connectivity index is 1.88. The van der Waals surface area contributed by atoms with Crippen molar-refractivity contribution in [2.75, 3.05) is 6.54 Å². The molecule has 0 atom stereocenters. The Bertz CT molecular complexity index is 942. The molecule has 1 aliphatic rings. The monoisotopic (exact) mass is 355 g/mol. The first-order valence-corrected chi connectivity index (χ1v) is 7.64. The number of imide groups is 2. The second-order valence-corrected chi connectivity index (χ2v) is 5.37. The summed E-state index contributed by atoms with van der Waals surface area (Å²) in [6.07, 6.45) is 1.25. The number of nitro groups is 1. The lowest BCUT2D eigenvalue weighted by Gasteiger charge is -2.24. The fourth-order valence-corrected chi connectivity index (χ4v) is 2.46. The van der Waals surface area contributed by atoms with Crippen molar-refractivity contribution in [1.29, 1.82) is 0 Å². The van der Waals surface area contributed by atoms with Crippen LogP contribution in [0.5, 0.6) is 0 Å². The van der Waals surface area contributed by atoms with Crippen LogP contribution in [0.15, 0.2) is 46.4 Å². The van der Waals surface area contributed by atoms with Crippen molar-refractivity contribution in [2.24, 2.45) is 0 Å². The van der Waals surface area contributed by atoms with E-state index in [9.17, 15) is 24.5 Å². The first-order valence-electron chi connectivity index (χ1n) is 7.64. The summed E-state index contributed by atoms with van der Waals surface area (Å²) in [7, 11) is 0. The fraction of sp³-hybridized carbons (Fsp3) is 0.118. The lowest BCUT2D eigenvalue weighted by molar-refractivity contribution is -0.384. The number of non-ortho nitro benzene ring substituents is 1. The molecule has 1 aromatic heterocycles. The van der Waals surface area contributed by atoms with Gasteiger partial charge in [-0.05, 0) is 37.3 Å². The van der Waals surface area contributed by atoms with E-state index < -0.39 is 22.8 Å². The highest BCUT2D eigenvalue weighted by molar-refractivity contribution is 6.30. The second-order valence-electron chi connectivity index (χ2n) is 5.37. The van der Waals surface area contributed by atoms with Gasteiger partial charge in [0.15, 0.2) is 0 Å². The maximum atomic E-state index is 12.2. The second kappa shape index (κ2) is 6.63. The molecule has 9 heteroatoms. The molecule has 0 spiro atoms. The first kappa shape index (κ1) is 17.1. The number of urea groups is 1. The van der Waals surface area contributed by atoms with E-state index in [-0.39, 0.29) is 23.6 Å². The van der Waals surface area contributed by atoms with Crippen molar-refractivity contribution in [3.63, 3.8) is 0 Å². The molecule has 0 saturated carbocycles. The highest BCUT2D eigenvalue weighted by Crippen LogP contribution is 2.26. The van der Waals surface area contributed by atoms with Crippen LogP contribution >= 0.6 is 0 Å². The third-order valence-electron chi connectivity index (χ3n) is 3.78. The molecule has 1 aromatic carbocycles. The van der Waals surface area contributed by atoms with Crippen molar-refractivity contribution < 1.29 is 23.7 Å². The largest absolute Gasteiger partial charge is 0.457 e. The van der Waals surface area contributed by atoms with Crippen LogP contribution in [0.2, 0.25) is 0 Å². The van der Waals surface area contributed by atoms with Crippen LogP contribution in [-0.4, -0.2) is 34.2 Å². The van der Waals surface area contributed by atoms with Crippen LogP contribution in [0, 0.1) is 10.1 Å². The van der Waals surface area contributed by atoms with Crippen LogP contribution < -0.4 is 5.32 Å². The number of likely N-dealkylation sites (N-methyl/N-ethyl adjacent to an activating group) is 1. The third-order valence-corrected chi connectivity index (χ3v) is 3.78. The fourth-order valence-electron chi connectivity index (χ4n) is 2.46. The highest BCUT2D eigenvalue weighted by Gasteiger charge is 2.34. The zero-order chi connectivity index (χ0) is 18.8. The molecule has 0 radical (unpaired) electrons. The molecule has 3 rings (SSSR count). The molecule has 2 aromatic rings. The van der Waals surface area contributed by atoms with Crippen molar-refractivity contribution in [3.8, 4) is 11.3 Å². The third kappa shape index (κ3) is 3.09. The topological polar surface area (TPSA) is 123 Å². The number of hydrogen-bond donors (Lipinski definition) is 1. The van der Waals surface area contributed by atoms with E-state index in [1.54, 1.807) is 19.1 Å². The Morgan fingerprint density at radius 3 is 2.46 bits per heavy atom. The molecule has 0 unspecified atom stereocenters. The minimum absolute atomic E-state index is 0.0450. The molecule has 26 heavy (non-hydrogen) atoms. The zero-order valence-corrected chi connectivity index (χ0v) is 13.6. The SMILES string of the molecule is CCN1C(=O)NC(=O)/C(=C\c2ccc(-c3ccc([N+](=O)[O-])cc3)o2)C1=O. The number of nitrogens with zero attached hydrogens (tertiary/aromatic N) is 2. The number of benzene rings is 1. The highest BCUT2D eigenvalue weighted by atomic mass is 16.6. The number of barbiturate groups is 1. The Morgan fingerprint density at radius 1 is 1.15 bits per heavy atom. The van der Waals surface area contributed by atoms with E-state index in [1.165, 1.54) is 30.3 Å². The van der Waals surface area contributed by atoms with Gasteiger partial charge in [-0.2, -0.15) is 0 Å². The van der Waals surface area contributed by atoms with Crippen molar-refractivity contribution in [3.05, 3.63) is 57.8 Å². The molecule has 1 N–H and O–H groups in total. The van der Waals surface area contributed by atoms with Gasteiger partial charge < -0.3 is 4.42 Å². The molecule has 4 amide bonds. The van der Waals surface area contributed by atoms with Crippen LogP contribution in [-0.2, 0) is 9.59 Å². The van der Waals surface area contributed by atoms with Gasteiger partial charge in [0.1, 0.15) is 17.1 Å². The van der Waals surface area contributed by atoms with E-state index in [0.29, 0.717) is 11.3 Å². The zero-order valence-electron chi connectivity index (χ0n) is 13.6. The minimum Gasteiger partial charge on any atom is -0.457 e. The van der Waals surface area contributed by atoms with Crippen LogP contribution in [0.1, 0.15) is 12.7 Å². The number of furan rings is 1. The molecule has 1 aliphatic heterocycles. The molecule has 2 heterocycles. The summed E-state index contributed by atoms with van der Waals surface area (Å²) < 4.78 is 5.58. The van der Waals surface area contributed by atoms with E-state index in [0.717, 1.165) is 4.90 Å². The van der Waals surface area contributed by atoms with Gasteiger partial charge in [0.25, 0.3) is 17.5 Å². The quantitative estimate of drug-likeness (QED) is 0.389. The molecular formula is C17H13N3O6. The number of amides is 4. The van der Waals surface area contributed by atoms with Crippen LogP contribution in [0.25, 0.3) is 17.4 Å². The maximum absolute atomic E-state index is 12.2. The van der Waals surface area contributed by atoms with Gasteiger partial charge in [-0.1, -0.05) is 0 Å². The number of hydrogen-bond acceptors (Lipinski definition) is 6. The summed E-state index contributed by atoms with van der Waals surface area (Å²) in [5, 5.41) is 12.8. The average Bonchev–Trinajstić information content (AvgIpc) is 3.07. The molecule has 0 bridgehead atoms. The van der Waals surface area contributed by atoms with Gasteiger partial charge in [-0.25, -0.2) is 4.79 Å². The maximum Gasteiger partial charge on any atom is 0.331 e. The van der Waals surface area contributed by atoms with Crippen molar-refractivity contribution in [1.82, 2.24) is 10.2 Å². The Morgan fingerprint density at radius 2 is 1.85 bits per heavy atom. The standard InChI is InChI=1S/C17H13N3O6/c1-2-19-16(22)13(15(21)18-17(19)23)9-12-7-8-14(26-12)10-3-5-11(6-4-10)20(24)25/h3-9H,2H2,1H3,(H,18,21,23)/b13-9+. The van der Waals surface area contributed by atoms with Gasteiger partial charge in [-0.15, -0.1) is 0 Å². The lowest BCUT2D eigenvalue weighted by atomic mass is 10.1. The Labute approximate surface area is 147 Å². The predicted octanol–water partition coefficient (Wildman–Crippen LogP) is 2.34. The summed E-state index contributed by atoms with van der Waals surface area (Å²) in [6, 6.07) is 8.16. The van der Waals surface area contributed by atoms with E-state index in [1.807, 2.05) is 0 Å². The number of carbonyl (C=O) groups excluding carboxylic acids is 3. The molecule has 9 nitrogen and oxygen atoms in total. The Hall–Kier alpha value is -3.75. The normalized spacial score (nSPS) is 16.1. The summed E-state index contributed by atoms with van der Waals surface area (Å²) in [4.78, 5) is 46.8. The van der Waals surface area contributed by atoms with E-state index >= 15 is 0 Å². The number of nitro benzene ring substituents is 1. The van der Waals surface area contributed by atoms with Gasteiger partial charge in [0.05, 0.1) is 4.92 Å². The van der Waals surface area contributed by atoms with Gasteiger partial charge >= 0.3 is 6.03 Å². The van der Waals surface area contributed by atoms with E-state index in [4.69, 9.17) is 4.42 Å². The molecule has 132 valence electrons. The molecular weight excluding hydrogens is 342 g/mol. The van der Waals surface area contributed by atoms with Crippen molar-refractivity contribution in [2.45, 2.75) is 6.92 Å². The summed E-state index contributed by atoms with van der Waals surface area (Å²) in [5.74, 6) is -0.839. The number of nitrogens with one attached hydrogen (secondary N) is 1. The molecule has 0 aliphatic carbocycles. The first-order chi connectivity index (χ1) is 12.4. The van der Waals surface area contributed by atoms with E-state index in [2.05, 4.69) is 5.32 Å². The van der Waals surface area contributed by atoms with Gasteiger partial charge in [-0.3, -0.25) is 29.9 Å². The number of rotatable bonds is 4. The minimum atomic E-state index is -0.794. The van der Waals surface area contributed by atoms with Gasteiger partial charge in [0, 0.05) is 24.2 Å². The van der Waals surface area contributed by atoms with Crippen LogP contribution in [0.3, 0.4) is 0 Å². The Kier molecular flexibility index (Phi) is 4.36. The average molecular weight is 355 g/mol. The summed E-state index contributed by atoms with van der Waals surface area (Å²) >= 11 is 0. The summed E-state index contributed by atoms with van der Waals surface area (Å²) in [6.45, 7) is 1.74. The van der Waals surface area contributed by atoms with Crippen LogP contribution in [0.4, 0.5) is 10.5 Å². The molecule has 1 saturated heterocycles. The predicted molar refractivity (Wildman–Crippen MR) is 89.7 cm³/mol. The van der Waals surface area contributed by atoms with Crippen molar-refractivity contribution >= 4 is 29.6 Å². The molecule has 1 fully saturated rings. The lowest BCUT2D eigenvalue weighted by Crippen LogP contribution is -2.53.